The fraction of sp³-hybridized carbons (Fsp3) is 0.550. The third kappa shape index (κ3) is 4.41. The third-order valence-electron chi connectivity index (χ3n) is 5.11. The predicted molar refractivity (Wildman–Crippen MR) is 107 cm³/mol. The Balaban J connectivity index is 1.67. The van der Waals surface area contributed by atoms with E-state index in [1.807, 2.05) is 0 Å². The van der Waals surface area contributed by atoms with E-state index in [1.165, 1.54) is 22.7 Å². The van der Waals surface area contributed by atoms with Gasteiger partial charge in [-0.2, -0.15) is 4.37 Å². The van der Waals surface area contributed by atoms with Crippen LogP contribution in [-0.2, 0) is 11.2 Å². The zero-order chi connectivity index (χ0) is 18.7. The summed E-state index contributed by atoms with van der Waals surface area (Å²) in [6.07, 6.45) is 2.62. The molecule has 1 N–H and O–H groups in total. The van der Waals surface area contributed by atoms with E-state index in [0.717, 1.165) is 36.8 Å². The first-order valence-corrected chi connectivity index (χ1v) is 10.2. The molecule has 0 bridgehead atoms. The molecule has 5 nitrogen and oxygen atoms in total. The molecule has 0 spiro atoms. The second kappa shape index (κ2) is 8.16. The molecule has 1 aliphatic heterocycles. The van der Waals surface area contributed by atoms with Gasteiger partial charge in [-0.1, -0.05) is 43.7 Å². The molecule has 3 rings (SSSR count). The van der Waals surface area contributed by atoms with E-state index in [2.05, 4.69) is 66.6 Å². The lowest BCUT2D eigenvalue weighted by Gasteiger charge is -2.25. The van der Waals surface area contributed by atoms with Gasteiger partial charge in [0.2, 0.25) is 11.0 Å². The summed E-state index contributed by atoms with van der Waals surface area (Å²) in [4.78, 5) is 19.5. The zero-order valence-corrected chi connectivity index (χ0v) is 16.8. The molecule has 1 amide bonds. The molecule has 6 heteroatoms. The quantitative estimate of drug-likeness (QED) is 0.842. The van der Waals surface area contributed by atoms with Crippen molar-refractivity contribution in [1.82, 2.24) is 14.7 Å². The van der Waals surface area contributed by atoms with Crippen LogP contribution in [-0.4, -0.2) is 33.9 Å². The first-order chi connectivity index (χ1) is 12.4. The smallest absolute Gasteiger partial charge is 0.243 e. The molecule has 0 aliphatic carbocycles. The minimum absolute atomic E-state index is 0.110. The van der Waals surface area contributed by atoms with Crippen molar-refractivity contribution in [3.63, 3.8) is 0 Å². The number of aromatic nitrogens is 2. The van der Waals surface area contributed by atoms with Gasteiger partial charge in [-0.05, 0) is 38.2 Å². The second-order valence-electron chi connectivity index (χ2n) is 7.55. The molecule has 1 saturated heterocycles. The first kappa shape index (κ1) is 18.8. The summed E-state index contributed by atoms with van der Waals surface area (Å²) >= 11 is 1.40. The lowest BCUT2D eigenvalue weighted by molar-refractivity contribution is -0.123. The topological polar surface area (TPSA) is 58.1 Å². The fourth-order valence-corrected chi connectivity index (χ4v) is 3.84. The van der Waals surface area contributed by atoms with Crippen LogP contribution in [0.4, 0.5) is 5.13 Å². The Hall–Kier alpha value is -1.95. The van der Waals surface area contributed by atoms with E-state index in [9.17, 15) is 4.79 Å². The Labute approximate surface area is 160 Å². The van der Waals surface area contributed by atoms with Crippen LogP contribution in [0.2, 0.25) is 0 Å². The summed E-state index contributed by atoms with van der Waals surface area (Å²) in [5, 5.41) is 4.01. The monoisotopic (exact) mass is 372 g/mol. The van der Waals surface area contributed by atoms with Crippen molar-refractivity contribution in [3.05, 3.63) is 41.2 Å². The highest BCUT2D eigenvalue weighted by Gasteiger charge is 2.33. The van der Waals surface area contributed by atoms with E-state index in [0.29, 0.717) is 5.92 Å². The first-order valence-electron chi connectivity index (χ1n) is 9.39. The van der Waals surface area contributed by atoms with Crippen molar-refractivity contribution in [1.29, 1.82) is 0 Å². The van der Waals surface area contributed by atoms with Gasteiger partial charge in [0, 0.05) is 30.5 Å². The van der Waals surface area contributed by atoms with E-state index in [1.54, 1.807) is 0 Å². The van der Waals surface area contributed by atoms with Crippen LogP contribution in [0.25, 0.3) is 0 Å². The molecule has 26 heavy (non-hydrogen) atoms. The average Bonchev–Trinajstić information content (AvgIpc) is 3.25. The van der Waals surface area contributed by atoms with Gasteiger partial charge in [0.1, 0.15) is 11.9 Å². The molecule has 2 aromatic rings. The minimum Gasteiger partial charge on any atom is -0.352 e. The largest absolute Gasteiger partial charge is 0.352 e. The number of amides is 1. The standard InChI is InChI=1S/C20H28N4OS/c1-13(2)15(4)21-19(25)17-6-5-11-24(17)20-22-18(23-26-20)12-16-9-7-14(3)8-10-16/h7-10,13,15,17H,5-6,11-12H2,1-4H3,(H,21,25). The summed E-state index contributed by atoms with van der Waals surface area (Å²) in [6.45, 7) is 9.26. The minimum atomic E-state index is -0.128. The normalized spacial score (nSPS) is 18.3. The number of benzene rings is 1. The van der Waals surface area contributed by atoms with Gasteiger partial charge < -0.3 is 10.2 Å². The van der Waals surface area contributed by atoms with Crippen LogP contribution in [0.3, 0.4) is 0 Å². The maximum absolute atomic E-state index is 12.7. The number of carbonyl (C=O) groups excluding carboxylic acids is 1. The van der Waals surface area contributed by atoms with E-state index in [4.69, 9.17) is 4.98 Å². The SMILES string of the molecule is Cc1ccc(Cc2nsc(N3CCCC3C(=O)NC(C)C(C)C)n2)cc1. The molecular weight excluding hydrogens is 344 g/mol. The molecular formula is C20H28N4OS. The predicted octanol–water partition coefficient (Wildman–Crippen LogP) is 3.57. The summed E-state index contributed by atoms with van der Waals surface area (Å²) < 4.78 is 4.52. The number of rotatable bonds is 6. The van der Waals surface area contributed by atoms with Crippen molar-refractivity contribution in [3.8, 4) is 0 Å². The number of hydrogen-bond donors (Lipinski definition) is 1. The van der Waals surface area contributed by atoms with Crippen molar-refractivity contribution >= 4 is 22.6 Å². The van der Waals surface area contributed by atoms with Gasteiger partial charge in [-0.15, -0.1) is 0 Å². The van der Waals surface area contributed by atoms with Gasteiger partial charge in [-0.25, -0.2) is 4.98 Å². The molecule has 1 aromatic carbocycles. The number of anilines is 1. The van der Waals surface area contributed by atoms with Crippen molar-refractivity contribution in [2.45, 2.75) is 59.0 Å². The molecule has 2 heterocycles. The van der Waals surface area contributed by atoms with Crippen LogP contribution in [0.5, 0.6) is 0 Å². The number of nitrogens with one attached hydrogen (secondary N) is 1. The highest BCUT2D eigenvalue weighted by molar-refractivity contribution is 7.09. The molecule has 1 aromatic heterocycles. The maximum atomic E-state index is 12.7. The molecule has 140 valence electrons. The number of carbonyl (C=O) groups is 1. The summed E-state index contributed by atoms with van der Waals surface area (Å²) in [6, 6.07) is 8.51. The van der Waals surface area contributed by atoms with Gasteiger partial charge in [0.15, 0.2) is 0 Å². The highest BCUT2D eigenvalue weighted by atomic mass is 32.1. The van der Waals surface area contributed by atoms with Crippen LogP contribution >= 0.6 is 11.5 Å². The molecule has 2 atom stereocenters. The number of nitrogens with zero attached hydrogens (tertiary/aromatic N) is 3. The van der Waals surface area contributed by atoms with Crippen LogP contribution in [0, 0.1) is 12.8 Å². The van der Waals surface area contributed by atoms with Crippen LogP contribution in [0.15, 0.2) is 24.3 Å². The second-order valence-corrected chi connectivity index (χ2v) is 8.28. The van der Waals surface area contributed by atoms with Crippen LogP contribution < -0.4 is 10.2 Å². The van der Waals surface area contributed by atoms with Crippen molar-refractivity contribution in [2.24, 2.45) is 5.92 Å². The molecule has 1 aliphatic rings. The Bertz CT molecular complexity index is 741. The lowest BCUT2D eigenvalue weighted by Crippen LogP contribution is -2.47. The van der Waals surface area contributed by atoms with Crippen molar-refractivity contribution < 1.29 is 4.79 Å². The van der Waals surface area contributed by atoms with Gasteiger partial charge >= 0.3 is 0 Å². The fourth-order valence-electron chi connectivity index (χ4n) is 3.08. The summed E-state index contributed by atoms with van der Waals surface area (Å²) in [7, 11) is 0. The summed E-state index contributed by atoms with van der Waals surface area (Å²) in [5.41, 5.74) is 2.46. The molecule has 0 saturated carbocycles. The van der Waals surface area contributed by atoms with E-state index >= 15 is 0 Å². The van der Waals surface area contributed by atoms with E-state index < -0.39 is 0 Å². The Morgan fingerprint density at radius 1 is 1.31 bits per heavy atom. The highest BCUT2D eigenvalue weighted by Crippen LogP contribution is 2.28. The average molecular weight is 373 g/mol. The summed E-state index contributed by atoms with van der Waals surface area (Å²) in [5.74, 6) is 1.37. The van der Waals surface area contributed by atoms with Gasteiger partial charge in [0.05, 0.1) is 0 Å². The number of aryl methyl sites for hydroxylation is 1. The zero-order valence-electron chi connectivity index (χ0n) is 16.0. The Morgan fingerprint density at radius 3 is 2.73 bits per heavy atom. The maximum Gasteiger partial charge on any atom is 0.243 e. The van der Waals surface area contributed by atoms with Crippen LogP contribution in [0.1, 0.15) is 50.6 Å². The molecule has 1 fully saturated rings. The van der Waals surface area contributed by atoms with Crippen molar-refractivity contribution in [2.75, 3.05) is 11.4 Å². The molecule has 0 radical (unpaired) electrons. The number of hydrogen-bond acceptors (Lipinski definition) is 5. The van der Waals surface area contributed by atoms with Gasteiger partial charge in [0.25, 0.3) is 0 Å². The Kier molecular flexibility index (Phi) is 5.91. The molecule has 2 unspecified atom stereocenters. The third-order valence-corrected chi connectivity index (χ3v) is 5.90. The lowest BCUT2D eigenvalue weighted by atomic mass is 10.1. The van der Waals surface area contributed by atoms with Gasteiger partial charge in [-0.3, -0.25) is 4.79 Å². The van der Waals surface area contributed by atoms with E-state index in [-0.39, 0.29) is 18.0 Å². The Morgan fingerprint density at radius 2 is 2.04 bits per heavy atom.